The van der Waals surface area contributed by atoms with Gasteiger partial charge in [0.2, 0.25) is 0 Å². The van der Waals surface area contributed by atoms with Crippen LogP contribution < -0.4 is 10.6 Å². The zero-order chi connectivity index (χ0) is 17.6. The van der Waals surface area contributed by atoms with Gasteiger partial charge in [-0.3, -0.25) is 4.99 Å². The number of benzene rings is 1. The zero-order valence-corrected chi connectivity index (χ0v) is 18.0. The molecule has 0 aliphatic rings. The Bertz CT molecular complexity index is 873. The summed E-state index contributed by atoms with van der Waals surface area (Å²) < 4.78 is 13.2. The molecule has 8 heteroatoms. The molecule has 3 N–H and O–H groups in total. The molecule has 2 heterocycles. The van der Waals surface area contributed by atoms with Crippen molar-refractivity contribution >= 4 is 52.2 Å². The summed E-state index contributed by atoms with van der Waals surface area (Å²) in [4.78, 5) is 13.0. The van der Waals surface area contributed by atoms with Gasteiger partial charge >= 0.3 is 0 Å². The third kappa shape index (κ3) is 5.16. The second-order valence-electron chi connectivity index (χ2n) is 5.68. The van der Waals surface area contributed by atoms with Crippen LogP contribution >= 0.6 is 35.3 Å². The van der Waals surface area contributed by atoms with Crippen molar-refractivity contribution < 1.29 is 4.39 Å². The van der Waals surface area contributed by atoms with Gasteiger partial charge < -0.3 is 15.6 Å². The molecule has 0 saturated heterocycles. The number of thiazole rings is 1. The van der Waals surface area contributed by atoms with Gasteiger partial charge in [0.15, 0.2) is 5.96 Å². The van der Waals surface area contributed by atoms with Gasteiger partial charge in [-0.05, 0) is 36.6 Å². The molecule has 0 aliphatic carbocycles. The molecule has 0 aliphatic heterocycles. The number of aliphatic imine (C=N–C) groups is 1. The standard InChI is InChI=1S/C18H22FN5S.HI/c1-3-14-10-23-17(25-14)11-24-18(20-2)21-7-6-12-9-22-16-8-13(19)4-5-15(12)16;/h4-5,8-10,22H,3,6-7,11H2,1-2H3,(H2,20,21,24);1H. The lowest BCUT2D eigenvalue weighted by atomic mass is 10.1. The number of nitrogens with one attached hydrogen (secondary N) is 3. The number of H-pyrrole nitrogens is 1. The summed E-state index contributed by atoms with van der Waals surface area (Å²) in [5.41, 5.74) is 1.98. The van der Waals surface area contributed by atoms with E-state index in [1.807, 2.05) is 18.5 Å². The maximum absolute atomic E-state index is 13.2. The van der Waals surface area contributed by atoms with Crippen molar-refractivity contribution in [2.45, 2.75) is 26.3 Å². The second kappa shape index (κ2) is 9.86. The fourth-order valence-corrected chi connectivity index (χ4v) is 3.46. The van der Waals surface area contributed by atoms with Crippen molar-refractivity contribution in [3.05, 3.63) is 51.9 Å². The van der Waals surface area contributed by atoms with Crippen LogP contribution in [-0.4, -0.2) is 29.5 Å². The molecule has 0 saturated carbocycles. The van der Waals surface area contributed by atoms with Crippen LogP contribution in [0.3, 0.4) is 0 Å². The summed E-state index contributed by atoms with van der Waals surface area (Å²) in [6.45, 7) is 3.53. The number of hydrogen-bond acceptors (Lipinski definition) is 3. The van der Waals surface area contributed by atoms with Crippen LogP contribution in [0.25, 0.3) is 10.9 Å². The van der Waals surface area contributed by atoms with E-state index in [1.54, 1.807) is 18.4 Å². The molecule has 0 amide bonds. The number of fused-ring (bicyclic) bond motifs is 1. The van der Waals surface area contributed by atoms with Gasteiger partial charge in [0.05, 0.1) is 6.54 Å². The summed E-state index contributed by atoms with van der Waals surface area (Å²) in [6.07, 6.45) is 5.70. The summed E-state index contributed by atoms with van der Waals surface area (Å²) in [5.74, 6) is 0.524. The summed E-state index contributed by atoms with van der Waals surface area (Å²) in [6, 6.07) is 4.83. The molecule has 0 radical (unpaired) electrons. The van der Waals surface area contributed by atoms with Crippen LogP contribution in [-0.2, 0) is 19.4 Å². The third-order valence-electron chi connectivity index (χ3n) is 4.00. The molecule has 26 heavy (non-hydrogen) atoms. The zero-order valence-electron chi connectivity index (χ0n) is 14.8. The highest BCUT2D eigenvalue weighted by atomic mass is 127. The number of aromatic nitrogens is 2. The van der Waals surface area contributed by atoms with Crippen molar-refractivity contribution in [2.75, 3.05) is 13.6 Å². The molecule has 3 rings (SSSR count). The number of aryl methyl sites for hydroxylation is 1. The molecule has 1 aromatic carbocycles. The lowest BCUT2D eigenvalue weighted by molar-refractivity contribution is 0.629. The lowest BCUT2D eigenvalue weighted by Gasteiger charge is -2.10. The summed E-state index contributed by atoms with van der Waals surface area (Å²) in [7, 11) is 1.75. The fraction of sp³-hybridized carbons (Fsp3) is 0.333. The lowest BCUT2D eigenvalue weighted by Crippen LogP contribution is -2.37. The molecule has 140 valence electrons. The van der Waals surface area contributed by atoms with Crippen molar-refractivity contribution in [3.63, 3.8) is 0 Å². The van der Waals surface area contributed by atoms with Gasteiger partial charge in [-0.15, -0.1) is 35.3 Å². The number of hydrogen-bond donors (Lipinski definition) is 3. The van der Waals surface area contributed by atoms with E-state index in [1.165, 1.54) is 17.0 Å². The van der Waals surface area contributed by atoms with Gasteiger partial charge in [-0.25, -0.2) is 9.37 Å². The van der Waals surface area contributed by atoms with Crippen molar-refractivity contribution in [1.29, 1.82) is 0 Å². The molecule has 0 bridgehead atoms. The molecule has 3 aromatic rings. The van der Waals surface area contributed by atoms with E-state index in [9.17, 15) is 4.39 Å². The Morgan fingerprint density at radius 1 is 1.35 bits per heavy atom. The van der Waals surface area contributed by atoms with Crippen LogP contribution in [0.1, 0.15) is 22.4 Å². The quantitative estimate of drug-likeness (QED) is 0.281. The first kappa shape index (κ1) is 20.6. The number of nitrogens with zero attached hydrogens (tertiary/aromatic N) is 2. The molecule has 0 fully saturated rings. The summed E-state index contributed by atoms with van der Waals surface area (Å²) in [5, 5.41) is 8.69. The van der Waals surface area contributed by atoms with Crippen LogP contribution in [0.15, 0.2) is 35.6 Å². The van der Waals surface area contributed by atoms with Gasteiger partial charge in [-0.2, -0.15) is 0 Å². The van der Waals surface area contributed by atoms with Crippen LogP contribution in [0, 0.1) is 5.82 Å². The predicted octanol–water partition coefficient (Wildman–Crippen LogP) is 3.85. The first-order valence-corrected chi connectivity index (χ1v) is 9.15. The molecule has 2 aromatic heterocycles. The van der Waals surface area contributed by atoms with E-state index < -0.39 is 0 Å². The molecular weight excluding hydrogens is 464 g/mol. The van der Waals surface area contributed by atoms with Crippen molar-refractivity contribution in [2.24, 2.45) is 4.99 Å². The number of guanidine groups is 1. The summed E-state index contributed by atoms with van der Waals surface area (Å²) >= 11 is 1.72. The maximum atomic E-state index is 13.2. The van der Waals surface area contributed by atoms with E-state index in [2.05, 4.69) is 32.5 Å². The van der Waals surface area contributed by atoms with Gasteiger partial charge in [0, 0.05) is 41.8 Å². The van der Waals surface area contributed by atoms with E-state index in [0.29, 0.717) is 6.54 Å². The maximum Gasteiger partial charge on any atom is 0.191 e. The molecule has 5 nitrogen and oxygen atoms in total. The Morgan fingerprint density at radius 3 is 2.92 bits per heavy atom. The Kier molecular flexibility index (Phi) is 7.83. The van der Waals surface area contributed by atoms with Crippen molar-refractivity contribution in [3.8, 4) is 0 Å². The molecular formula is C18H23FIN5S. The molecule has 0 spiro atoms. The predicted molar refractivity (Wildman–Crippen MR) is 117 cm³/mol. The third-order valence-corrected chi connectivity index (χ3v) is 5.14. The minimum absolute atomic E-state index is 0. The molecule has 0 unspecified atom stereocenters. The van der Waals surface area contributed by atoms with Gasteiger partial charge in [0.25, 0.3) is 0 Å². The first-order chi connectivity index (χ1) is 12.2. The smallest absolute Gasteiger partial charge is 0.191 e. The monoisotopic (exact) mass is 487 g/mol. The van der Waals surface area contributed by atoms with E-state index in [0.717, 1.165) is 46.8 Å². The fourth-order valence-electron chi connectivity index (χ4n) is 2.65. The van der Waals surface area contributed by atoms with Gasteiger partial charge in [-0.1, -0.05) is 6.92 Å². The average molecular weight is 487 g/mol. The molecule has 0 atom stereocenters. The Balaban J connectivity index is 0.00000243. The highest BCUT2D eigenvalue weighted by Gasteiger charge is 2.06. The van der Waals surface area contributed by atoms with Crippen LogP contribution in [0.4, 0.5) is 4.39 Å². The highest BCUT2D eigenvalue weighted by Crippen LogP contribution is 2.19. The Morgan fingerprint density at radius 2 is 2.19 bits per heavy atom. The Hall–Kier alpha value is -1.68. The normalized spacial score (nSPS) is 11.4. The van der Waals surface area contributed by atoms with Gasteiger partial charge in [0.1, 0.15) is 10.8 Å². The number of halogens is 2. The first-order valence-electron chi connectivity index (χ1n) is 8.33. The van der Waals surface area contributed by atoms with Crippen molar-refractivity contribution in [1.82, 2.24) is 20.6 Å². The number of rotatable bonds is 6. The average Bonchev–Trinajstić information content (AvgIpc) is 3.24. The minimum atomic E-state index is -0.225. The minimum Gasteiger partial charge on any atom is -0.361 e. The van der Waals surface area contributed by atoms with Crippen LogP contribution in [0.2, 0.25) is 0 Å². The number of aromatic amines is 1. The van der Waals surface area contributed by atoms with E-state index >= 15 is 0 Å². The van der Waals surface area contributed by atoms with E-state index in [4.69, 9.17) is 0 Å². The largest absolute Gasteiger partial charge is 0.361 e. The van der Waals surface area contributed by atoms with E-state index in [-0.39, 0.29) is 29.8 Å². The second-order valence-corrected chi connectivity index (χ2v) is 6.88. The topological polar surface area (TPSA) is 65.1 Å². The highest BCUT2D eigenvalue weighted by molar-refractivity contribution is 14.0. The SMILES string of the molecule is CCc1cnc(CNC(=NC)NCCc2c[nH]c3cc(F)ccc23)s1.I. The van der Waals surface area contributed by atoms with Crippen LogP contribution in [0.5, 0.6) is 0 Å². The Labute approximate surface area is 173 Å².